The predicted molar refractivity (Wildman–Crippen MR) is 100 cm³/mol. The van der Waals surface area contributed by atoms with E-state index in [2.05, 4.69) is 17.5 Å². The molecule has 1 saturated carbocycles. The number of aliphatic carboxylic acids is 1. The average Bonchev–Trinajstić information content (AvgIpc) is 3.19. The number of amides is 1. The van der Waals surface area contributed by atoms with Crippen molar-refractivity contribution in [1.82, 2.24) is 10.2 Å². The second-order valence-electron chi connectivity index (χ2n) is 8.92. The third-order valence-electron chi connectivity index (χ3n) is 7.19. The monoisotopic (exact) mass is 375 g/mol. The van der Waals surface area contributed by atoms with Crippen molar-refractivity contribution in [2.45, 2.75) is 48.9 Å². The summed E-state index contributed by atoms with van der Waals surface area (Å²) < 4.78 is -0.488. The smallest absolute Gasteiger partial charge is 0.327 e. The van der Waals surface area contributed by atoms with Gasteiger partial charge in [-0.15, -0.1) is 11.8 Å². The number of carboxylic acid groups (broad SMARTS) is 1. The molecule has 1 amide bonds. The Kier molecular flexibility index (Phi) is 3.46. The van der Waals surface area contributed by atoms with Gasteiger partial charge in [-0.25, -0.2) is 4.79 Å². The fourth-order valence-electron chi connectivity index (χ4n) is 5.85. The van der Waals surface area contributed by atoms with Crippen molar-refractivity contribution < 1.29 is 14.7 Å². The summed E-state index contributed by atoms with van der Waals surface area (Å²) in [7, 11) is 0. The molecule has 26 heavy (non-hydrogen) atoms. The predicted octanol–water partition coefficient (Wildman–Crippen LogP) is 1.37. The molecule has 0 aromatic rings. The first-order chi connectivity index (χ1) is 12.3. The van der Waals surface area contributed by atoms with E-state index in [1.54, 1.807) is 11.8 Å². The van der Waals surface area contributed by atoms with Gasteiger partial charge in [0.25, 0.3) is 5.91 Å². The third-order valence-corrected chi connectivity index (χ3v) is 8.75. The van der Waals surface area contributed by atoms with Crippen molar-refractivity contribution in [2.24, 2.45) is 28.2 Å². The highest BCUT2D eigenvalue weighted by Crippen LogP contribution is 2.54. The zero-order valence-corrected chi connectivity index (χ0v) is 15.9. The second-order valence-corrected chi connectivity index (χ2v) is 10.7. The zero-order valence-electron chi connectivity index (χ0n) is 15.1. The van der Waals surface area contributed by atoms with E-state index in [1.165, 1.54) is 11.3 Å². The van der Waals surface area contributed by atoms with Gasteiger partial charge in [-0.2, -0.15) is 0 Å². The summed E-state index contributed by atoms with van der Waals surface area (Å²) in [4.78, 5) is 30.6. The van der Waals surface area contributed by atoms with Gasteiger partial charge in [0.1, 0.15) is 11.4 Å². The molecule has 3 aliphatic heterocycles. The van der Waals surface area contributed by atoms with Crippen LogP contribution in [0.4, 0.5) is 0 Å². The van der Waals surface area contributed by atoms with E-state index in [-0.39, 0.29) is 16.7 Å². The van der Waals surface area contributed by atoms with Crippen molar-refractivity contribution in [3.63, 3.8) is 0 Å². The van der Waals surface area contributed by atoms with E-state index in [0.29, 0.717) is 17.8 Å². The van der Waals surface area contributed by atoms with Gasteiger partial charge in [0.05, 0.1) is 0 Å². The van der Waals surface area contributed by atoms with Gasteiger partial charge in [-0.3, -0.25) is 9.79 Å². The van der Waals surface area contributed by atoms with Crippen molar-refractivity contribution in [3.05, 3.63) is 12.2 Å². The number of hydrogen-bond acceptors (Lipinski definition) is 5. The van der Waals surface area contributed by atoms with E-state index in [1.807, 2.05) is 20.1 Å². The number of carbonyl (C=O) groups is 2. The summed E-state index contributed by atoms with van der Waals surface area (Å²) in [5, 5.41) is 12.9. The molecule has 0 aromatic heterocycles. The quantitative estimate of drug-likeness (QED) is 0.442. The summed E-state index contributed by atoms with van der Waals surface area (Å²) in [6, 6.07) is -1.19. The molecule has 2 bridgehead atoms. The molecule has 140 valence electrons. The highest BCUT2D eigenvalue weighted by molar-refractivity contribution is 8.01. The molecule has 6 nitrogen and oxygen atoms in total. The normalized spacial score (nSPS) is 47.9. The molecule has 6 aliphatic rings. The topological polar surface area (TPSA) is 82.0 Å². The summed E-state index contributed by atoms with van der Waals surface area (Å²) in [6.45, 7) is 5.91. The molecule has 0 aromatic carbocycles. The van der Waals surface area contributed by atoms with Crippen LogP contribution in [0.5, 0.6) is 0 Å². The zero-order chi connectivity index (χ0) is 18.3. The molecule has 4 unspecified atom stereocenters. The van der Waals surface area contributed by atoms with Crippen LogP contribution >= 0.6 is 11.8 Å². The number of rotatable bonds is 3. The molecule has 0 radical (unpaired) electrons. The van der Waals surface area contributed by atoms with Crippen molar-refractivity contribution in [2.75, 3.05) is 13.1 Å². The van der Waals surface area contributed by atoms with Crippen LogP contribution in [0, 0.1) is 23.2 Å². The molecule has 7 heteroatoms. The van der Waals surface area contributed by atoms with Crippen LogP contribution in [0.3, 0.4) is 0 Å². The van der Waals surface area contributed by atoms with Crippen LogP contribution in [-0.4, -0.2) is 63.4 Å². The number of carbonyl (C=O) groups excluding carboxylic acids is 1. The van der Waals surface area contributed by atoms with E-state index in [4.69, 9.17) is 4.99 Å². The average molecular weight is 375 g/mol. The Morgan fingerprint density at radius 1 is 1.46 bits per heavy atom. The molecule has 6 rings (SSSR count). The Morgan fingerprint density at radius 2 is 2.27 bits per heavy atom. The molecule has 7 atom stereocenters. The number of β-lactam (4-membered cyclic amide) rings is 1. The summed E-state index contributed by atoms with van der Waals surface area (Å²) in [6.07, 6.45) is 9.03. The Balaban J connectivity index is 1.40. The minimum Gasteiger partial charge on any atom is -0.480 e. The van der Waals surface area contributed by atoms with Gasteiger partial charge in [-0.05, 0) is 57.5 Å². The van der Waals surface area contributed by atoms with Crippen LogP contribution in [0.1, 0.15) is 26.7 Å². The lowest BCUT2D eigenvalue weighted by Crippen LogP contribution is -2.65. The van der Waals surface area contributed by atoms with E-state index in [9.17, 15) is 14.7 Å². The second kappa shape index (κ2) is 5.35. The summed E-state index contributed by atoms with van der Waals surface area (Å²) in [5.41, 5.74) is -0.0331. The number of nitrogens with one attached hydrogen (secondary N) is 1. The molecule has 3 saturated heterocycles. The molecule has 0 spiro atoms. The van der Waals surface area contributed by atoms with Crippen LogP contribution in [0.25, 0.3) is 0 Å². The molecular weight excluding hydrogens is 350 g/mol. The van der Waals surface area contributed by atoms with Crippen LogP contribution in [0.15, 0.2) is 17.1 Å². The van der Waals surface area contributed by atoms with Crippen molar-refractivity contribution >= 4 is 29.9 Å². The number of aliphatic imine (C=N–C) groups is 1. The van der Waals surface area contributed by atoms with Gasteiger partial charge in [0, 0.05) is 16.4 Å². The standard InChI is InChI=1S/C19H25N3O3S/c1-18(2)14(17(24)25)22-15(23)13(16(22)26-18)21-9-19-5-3-10(4-6-19)11-7-20-8-12(11)19/h3,5,9-14,16,20H,4,6-8H2,1-2H3,(H,24,25)/t10?,11?,12?,13-,14+,16-,19?/m1/s1. The lowest BCUT2D eigenvalue weighted by molar-refractivity contribution is -0.158. The first kappa shape index (κ1) is 16.8. The van der Waals surface area contributed by atoms with E-state index < -0.39 is 22.8 Å². The number of allylic oxidation sites excluding steroid dienone is 2. The number of hydrogen-bond donors (Lipinski definition) is 2. The van der Waals surface area contributed by atoms with Gasteiger partial charge in [0.2, 0.25) is 0 Å². The first-order valence-corrected chi connectivity index (χ1v) is 10.4. The fraction of sp³-hybridized carbons (Fsp3) is 0.737. The fourth-order valence-corrected chi connectivity index (χ4v) is 7.47. The minimum atomic E-state index is -0.923. The number of carboxylic acids is 1. The molecule has 4 fully saturated rings. The molecule has 2 N–H and O–H groups in total. The highest BCUT2D eigenvalue weighted by Gasteiger charge is 2.64. The van der Waals surface area contributed by atoms with Gasteiger partial charge >= 0.3 is 5.97 Å². The van der Waals surface area contributed by atoms with Gasteiger partial charge in [-0.1, -0.05) is 12.2 Å². The van der Waals surface area contributed by atoms with E-state index >= 15 is 0 Å². The highest BCUT2D eigenvalue weighted by atomic mass is 32.2. The molecular formula is C19H25N3O3S. The summed E-state index contributed by atoms with van der Waals surface area (Å²) in [5.74, 6) is 0.884. The van der Waals surface area contributed by atoms with Crippen molar-refractivity contribution in [1.29, 1.82) is 0 Å². The lowest BCUT2D eigenvalue weighted by Gasteiger charge is -2.49. The van der Waals surface area contributed by atoms with Crippen LogP contribution in [0.2, 0.25) is 0 Å². The van der Waals surface area contributed by atoms with Crippen LogP contribution < -0.4 is 5.32 Å². The maximum absolute atomic E-state index is 12.7. The number of nitrogens with zero attached hydrogens (tertiary/aromatic N) is 2. The largest absolute Gasteiger partial charge is 0.480 e. The first-order valence-electron chi connectivity index (χ1n) is 9.51. The lowest BCUT2D eigenvalue weighted by atomic mass is 9.55. The number of fused-ring (bicyclic) bond motifs is 2. The van der Waals surface area contributed by atoms with E-state index in [0.717, 1.165) is 19.5 Å². The van der Waals surface area contributed by atoms with Gasteiger partial charge < -0.3 is 15.3 Å². The maximum atomic E-state index is 12.7. The summed E-state index contributed by atoms with van der Waals surface area (Å²) >= 11 is 1.57. The number of thioether (sulfide) groups is 1. The Bertz CT molecular complexity index is 736. The van der Waals surface area contributed by atoms with Crippen molar-refractivity contribution in [3.8, 4) is 0 Å². The molecule has 3 aliphatic carbocycles. The maximum Gasteiger partial charge on any atom is 0.327 e. The van der Waals surface area contributed by atoms with Gasteiger partial charge in [0.15, 0.2) is 6.04 Å². The Hall–Kier alpha value is -1.34. The minimum absolute atomic E-state index is 0.0331. The Labute approximate surface area is 157 Å². The molecule has 3 heterocycles. The van der Waals surface area contributed by atoms with Crippen LogP contribution in [-0.2, 0) is 9.59 Å². The SMILES string of the molecule is CC1(C)S[C@@H]2[C@H](N=CC34C=CC(CC3)C3CNCC34)C(=O)N2[C@H]1C(=O)O. The third kappa shape index (κ3) is 2.07. The Morgan fingerprint density at radius 3 is 2.96 bits per heavy atom.